The van der Waals surface area contributed by atoms with Crippen molar-refractivity contribution in [1.82, 2.24) is 10.3 Å². The molecule has 0 radical (unpaired) electrons. The molecule has 2 aromatic rings. The number of benzene rings is 1. The summed E-state index contributed by atoms with van der Waals surface area (Å²) in [5, 5.41) is 12.2. The normalized spacial score (nSPS) is 12.7. The van der Waals surface area contributed by atoms with E-state index in [1.54, 1.807) is 12.1 Å². The minimum Gasteiger partial charge on any atom is -0.387 e. The third-order valence-corrected chi connectivity index (χ3v) is 3.36. The first-order chi connectivity index (χ1) is 10.8. The molecule has 0 unspecified atom stereocenters. The minimum atomic E-state index is -3.75. The number of aromatic nitrogens is 1. The van der Waals surface area contributed by atoms with Crippen molar-refractivity contribution in [3.8, 4) is 0 Å². The fourth-order valence-corrected chi connectivity index (χ4v) is 2.29. The van der Waals surface area contributed by atoms with Gasteiger partial charge in [0.25, 0.3) is 5.91 Å². The Balaban J connectivity index is 2.03. The number of nitrogens with zero attached hydrogens (tertiary/aromatic N) is 1. The molecular weight excluding hydrogens is 302 g/mol. The zero-order chi connectivity index (χ0) is 17.0. The number of carbonyl (C=O) groups is 1. The van der Waals surface area contributed by atoms with Crippen LogP contribution in [0.4, 0.5) is 8.78 Å². The van der Waals surface area contributed by atoms with Crippen LogP contribution >= 0.6 is 0 Å². The van der Waals surface area contributed by atoms with Crippen molar-refractivity contribution in [2.45, 2.75) is 25.9 Å². The number of aryl methyl sites for hydroxylation is 2. The van der Waals surface area contributed by atoms with E-state index in [0.29, 0.717) is 5.56 Å². The van der Waals surface area contributed by atoms with Gasteiger partial charge in [-0.25, -0.2) is 0 Å². The van der Waals surface area contributed by atoms with Crippen molar-refractivity contribution in [3.63, 3.8) is 0 Å². The Kier molecular flexibility index (Phi) is 5.05. The smallest absolute Gasteiger partial charge is 0.366 e. The van der Waals surface area contributed by atoms with Crippen LogP contribution in [-0.2, 0) is 10.7 Å². The minimum absolute atomic E-state index is 0.301. The molecule has 1 amide bonds. The second-order valence-corrected chi connectivity index (χ2v) is 5.44. The van der Waals surface area contributed by atoms with Crippen molar-refractivity contribution >= 4 is 5.91 Å². The number of nitrogens with one attached hydrogen (secondary N) is 1. The predicted octanol–water partition coefficient (Wildman–Crippen LogP) is 2.64. The first-order valence-electron chi connectivity index (χ1n) is 7.14. The Hall–Kier alpha value is -2.34. The summed E-state index contributed by atoms with van der Waals surface area (Å²) in [6, 6.07) is 9.39. The number of carbonyl (C=O) groups excluding carboxylic acids is 1. The third-order valence-electron chi connectivity index (χ3n) is 3.36. The molecule has 0 aliphatic rings. The van der Waals surface area contributed by atoms with E-state index >= 15 is 0 Å². The Morgan fingerprint density at radius 2 is 1.91 bits per heavy atom. The lowest BCUT2D eigenvalue weighted by Crippen LogP contribution is -2.40. The molecule has 23 heavy (non-hydrogen) atoms. The molecule has 6 heteroatoms. The van der Waals surface area contributed by atoms with Gasteiger partial charge in [0.05, 0.1) is 6.10 Å². The number of amides is 1. The zero-order valence-corrected chi connectivity index (χ0v) is 12.9. The molecule has 0 spiro atoms. The SMILES string of the molecule is Cc1cc(C)cc([C@@H](O)CNC(=O)C(F)(F)c2ccccn2)c1. The molecule has 1 aromatic carbocycles. The molecule has 122 valence electrons. The second-order valence-electron chi connectivity index (χ2n) is 5.44. The Bertz CT molecular complexity index is 670. The molecule has 4 nitrogen and oxygen atoms in total. The van der Waals surface area contributed by atoms with Gasteiger partial charge in [0, 0.05) is 12.7 Å². The van der Waals surface area contributed by atoms with E-state index in [4.69, 9.17) is 0 Å². The maximum Gasteiger partial charge on any atom is 0.366 e. The van der Waals surface area contributed by atoms with E-state index in [0.717, 1.165) is 17.2 Å². The zero-order valence-electron chi connectivity index (χ0n) is 12.9. The number of hydrogen-bond donors (Lipinski definition) is 2. The van der Waals surface area contributed by atoms with Crippen LogP contribution in [0.1, 0.15) is 28.5 Å². The maximum atomic E-state index is 14.0. The van der Waals surface area contributed by atoms with Gasteiger partial charge in [-0.05, 0) is 31.5 Å². The van der Waals surface area contributed by atoms with Crippen molar-refractivity contribution in [2.24, 2.45) is 0 Å². The number of halogens is 2. The summed E-state index contributed by atoms with van der Waals surface area (Å²) in [7, 11) is 0. The average molecular weight is 320 g/mol. The van der Waals surface area contributed by atoms with Crippen LogP contribution in [0.2, 0.25) is 0 Å². The fraction of sp³-hybridized carbons (Fsp3) is 0.294. The lowest BCUT2D eigenvalue weighted by Gasteiger charge is -2.18. The summed E-state index contributed by atoms with van der Waals surface area (Å²) in [4.78, 5) is 15.2. The van der Waals surface area contributed by atoms with Crippen LogP contribution < -0.4 is 5.32 Å². The fourth-order valence-electron chi connectivity index (χ4n) is 2.29. The topological polar surface area (TPSA) is 62.2 Å². The van der Waals surface area contributed by atoms with E-state index in [9.17, 15) is 18.7 Å². The molecule has 1 aromatic heterocycles. The molecular formula is C17H18F2N2O2. The van der Waals surface area contributed by atoms with E-state index < -0.39 is 23.6 Å². The predicted molar refractivity (Wildman–Crippen MR) is 82.0 cm³/mol. The lowest BCUT2D eigenvalue weighted by atomic mass is 10.0. The van der Waals surface area contributed by atoms with E-state index in [1.165, 1.54) is 18.3 Å². The van der Waals surface area contributed by atoms with Crippen LogP contribution in [0.3, 0.4) is 0 Å². The van der Waals surface area contributed by atoms with Crippen molar-refractivity contribution in [1.29, 1.82) is 0 Å². The van der Waals surface area contributed by atoms with E-state index in [-0.39, 0.29) is 6.54 Å². The highest BCUT2D eigenvalue weighted by molar-refractivity contribution is 5.84. The first kappa shape index (κ1) is 17.0. The van der Waals surface area contributed by atoms with Gasteiger partial charge in [-0.3, -0.25) is 9.78 Å². The molecule has 2 rings (SSSR count). The lowest BCUT2D eigenvalue weighted by molar-refractivity contribution is -0.148. The Labute approximate surface area is 133 Å². The van der Waals surface area contributed by atoms with Crippen LogP contribution in [0.25, 0.3) is 0 Å². The van der Waals surface area contributed by atoms with Gasteiger partial charge < -0.3 is 10.4 Å². The summed E-state index contributed by atoms with van der Waals surface area (Å²) in [6.45, 7) is 3.44. The maximum absolute atomic E-state index is 14.0. The quantitative estimate of drug-likeness (QED) is 0.890. The van der Waals surface area contributed by atoms with Gasteiger partial charge in [-0.2, -0.15) is 8.78 Å². The van der Waals surface area contributed by atoms with E-state index in [1.807, 2.05) is 19.9 Å². The second kappa shape index (κ2) is 6.83. The number of aliphatic hydroxyl groups excluding tert-OH is 1. The van der Waals surface area contributed by atoms with Crippen LogP contribution in [0.5, 0.6) is 0 Å². The van der Waals surface area contributed by atoms with Gasteiger partial charge in [0.2, 0.25) is 0 Å². The molecule has 1 atom stereocenters. The Morgan fingerprint density at radius 3 is 2.48 bits per heavy atom. The number of rotatable bonds is 5. The number of aliphatic hydroxyl groups is 1. The van der Waals surface area contributed by atoms with Crippen molar-refractivity contribution < 1.29 is 18.7 Å². The van der Waals surface area contributed by atoms with Crippen LogP contribution in [0.15, 0.2) is 42.6 Å². The highest BCUT2D eigenvalue weighted by atomic mass is 19.3. The summed E-state index contributed by atoms with van der Waals surface area (Å²) < 4.78 is 27.9. The van der Waals surface area contributed by atoms with Gasteiger partial charge in [0.1, 0.15) is 5.69 Å². The molecule has 0 aliphatic carbocycles. The molecule has 0 bridgehead atoms. The first-order valence-corrected chi connectivity index (χ1v) is 7.14. The largest absolute Gasteiger partial charge is 0.387 e. The van der Waals surface area contributed by atoms with Crippen molar-refractivity contribution in [2.75, 3.05) is 6.54 Å². The summed E-state index contributed by atoms with van der Waals surface area (Å²) in [5.74, 6) is -5.23. The van der Waals surface area contributed by atoms with Crippen molar-refractivity contribution in [3.05, 3.63) is 65.0 Å². The monoisotopic (exact) mass is 320 g/mol. The Morgan fingerprint density at radius 1 is 1.26 bits per heavy atom. The average Bonchev–Trinajstić information content (AvgIpc) is 2.52. The van der Waals surface area contributed by atoms with Gasteiger partial charge >= 0.3 is 5.92 Å². The molecule has 0 fully saturated rings. The summed E-state index contributed by atoms with van der Waals surface area (Å²) in [6.07, 6.45) is 0.137. The summed E-state index contributed by atoms with van der Waals surface area (Å²) in [5.41, 5.74) is 1.84. The standard InChI is InChI=1S/C17H18F2N2O2/c1-11-7-12(2)9-13(8-11)14(22)10-21-16(23)17(18,19)15-5-3-4-6-20-15/h3-9,14,22H,10H2,1-2H3,(H,21,23)/t14-/m0/s1. The molecule has 0 saturated carbocycles. The molecule has 1 heterocycles. The third kappa shape index (κ3) is 4.10. The van der Waals surface area contributed by atoms with E-state index in [2.05, 4.69) is 10.3 Å². The molecule has 2 N–H and O–H groups in total. The summed E-state index contributed by atoms with van der Waals surface area (Å²) >= 11 is 0. The highest BCUT2D eigenvalue weighted by Gasteiger charge is 2.42. The molecule has 0 aliphatic heterocycles. The van der Waals surface area contributed by atoms with Gasteiger partial charge in [-0.15, -0.1) is 0 Å². The van der Waals surface area contributed by atoms with Gasteiger partial charge in [0.15, 0.2) is 0 Å². The van der Waals surface area contributed by atoms with Crippen LogP contribution in [-0.4, -0.2) is 22.5 Å². The number of hydrogen-bond acceptors (Lipinski definition) is 3. The van der Waals surface area contributed by atoms with Gasteiger partial charge in [-0.1, -0.05) is 35.4 Å². The highest BCUT2D eigenvalue weighted by Crippen LogP contribution is 2.26. The molecule has 0 saturated heterocycles. The number of pyridine rings is 1. The number of alkyl halides is 2. The van der Waals surface area contributed by atoms with Crippen LogP contribution in [0, 0.1) is 13.8 Å².